The van der Waals surface area contributed by atoms with Crippen molar-refractivity contribution in [2.75, 3.05) is 20.8 Å². The second-order valence-electron chi connectivity index (χ2n) is 6.77. The molecule has 0 aliphatic heterocycles. The van der Waals surface area contributed by atoms with Crippen molar-refractivity contribution in [2.24, 2.45) is 5.92 Å². The quantitative estimate of drug-likeness (QED) is 0.540. The van der Waals surface area contributed by atoms with Gasteiger partial charge in [-0.1, -0.05) is 12.1 Å². The maximum Gasteiger partial charge on any atom is 0.317 e. The van der Waals surface area contributed by atoms with Gasteiger partial charge in [0.25, 0.3) is 0 Å². The number of allylic oxidation sites excluding steroid dienone is 2. The summed E-state index contributed by atoms with van der Waals surface area (Å²) in [7, 11) is 3.07. The molecule has 0 fully saturated rings. The lowest BCUT2D eigenvalue weighted by Crippen LogP contribution is -2.34. The van der Waals surface area contributed by atoms with Gasteiger partial charge >= 0.3 is 5.97 Å². The lowest BCUT2D eigenvalue weighted by Gasteiger charge is -2.30. The number of methoxy groups -OCH3 is 2. The molecule has 0 spiro atoms. The van der Waals surface area contributed by atoms with Crippen LogP contribution in [-0.2, 0) is 14.3 Å². The molecule has 1 aliphatic carbocycles. The normalized spacial score (nSPS) is 18.8. The Kier molecular flexibility index (Phi) is 6.32. The molecule has 6 heteroatoms. The highest BCUT2D eigenvalue weighted by atomic mass is 19.1. The molecular formula is C23H23FO5. The summed E-state index contributed by atoms with van der Waals surface area (Å²) in [5, 5.41) is 0. The van der Waals surface area contributed by atoms with Gasteiger partial charge in [0, 0.05) is 12.0 Å². The van der Waals surface area contributed by atoms with Crippen molar-refractivity contribution in [3.63, 3.8) is 0 Å². The van der Waals surface area contributed by atoms with Crippen LogP contribution in [-0.4, -0.2) is 32.6 Å². The monoisotopic (exact) mass is 398 g/mol. The van der Waals surface area contributed by atoms with Crippen molar-refractivity contribution >= 4 is 17.3 Å². The molecule has 0 heterocycles. The third kappa shape index (κ3) is 4.47. The number of halogens is 1. The molecular weight excluding hydrogens is 375 g/mol. The van der Waals surface area contributed by atoms with Crippen LogP contribution in [0.3, 0.4) is 0 Å². The summed E-state index contributed by atoms with van der Waals surface area (Å²) in [6.07, 6.45) is 1.79. The Bertz CT molecular complexity index is 928. The highest BCUT2D eigenvalue weighted by molar-refractivity contribution is 6.10. The fourth-order valence-electron chi connectivity index (χ4n) is 3.63. The minimum Gasteiger partial charge on any atom is -0.497 e. The van der Waals surface area contributed by atoms with Gasteiger partial charge in [0.1, 0.15) is 23.2 Å². The number of carbonyl (C=O) groups is 2. The SMILES string of the molecule is CCOC(=O)[C@@H]1C(=O)C=C(c2cccc(F)c2)C[C@@H]1c1cc(OC)cc(OC)c1. The van der Waals surface area contributed by atoms with E-state index in [0.29, 0.717) is 29.1 Å². The molecule has 0 N–H and O–H groups in total. The zero-order valence-corrected chi connectivity index (χ0v) is 16.6. The van der Waals surface area contributed by atoms with E-state index >= 15 is 0 Å². The predicted octanol–water partition coefficient (Wildman–Crippen LogP) is 4.16. The first-order valence-corrected chi connectivity index (χ1v) is 9.36. The predicted molar refractivity (Wildman–Crippen MR) is 106 cm³/mol. The molecule has 3 rings (SSSR count). The highest BCUT2D eigenvalue weighted by Crippen LogP contribution is 2.42. The topological polar surface area (TPSA) is 61.8 Å². The minimum atomic E-state index is -0.982. The summed E-state index contributed by atoms with van der Waals surface area (Å²) in [5.41, 5.74) is 2.00. The minimum absolute atomic E-state index is 0.178. The molecule has 2 aromatic rings. The Morgan fingerprint density at radius 1 is 1.10 bits per heavy atom. The van der Waals surface area contributed by atoms with E-state index in [2.05, 4.69) is 0 Å². The number of esters is 1. The Morgan fingerprint density at radius 3 is 2.38 bits per heavy atom. The Morgan fingerprint density at radius 2 is 1.79 bits per heavy atom. The smallest absolute Gasteiger partial charge is 0.317 e. The van der Waals surface area contributed by atoms with E-state index in [1.807, 2.05) is 0 Å². The van der Waals surface area contributed by atoms with Crippen LogP contribution >= 0.6 is 0 Å². The maximum absolute atomic E-state index is 13.7. The first kappa shape index (κ1) is 20.6. The maximum atomic E-state index is 13.7. The summed E-state index contributed by atoms with van der Waals surface area (Å²) in [6, 6.07) is 11.3. The fourth-order valence-corrected chi connectivity index (χ4v) is 3.63. The Labute approximate surface area is 169 Å². The molecule has 0 unspecified atom stereocenters. The molecule has 29 heavy (non-hydrogen) atoms. The molecule has 5 nitrogen and oxygen atoms in total. The van der Waals surface area contributed by atoms with E-state index in [0.717, 1.165) is 5.56 Å². The lowest BCUT2D eigenvalue weighted by molar-refractivity contribution is -0.151. The van der Waals surface area contributed by atoms with Gasteiger partial charge in [0.05, 0.1) is 20.8 Å². The average molecular weight is 398 g/mol. The molecule has 1 aliphatic rings. The average Bonchev–Trinajstić information content (AvgIpc) is 2.72. The number of ether oxygens (including phenoxy) is 3. The number of carbonyl (C=O) groups excluding carboxylic acids is 2. The molecule has 0 bridgehead atoms. The summed E-state index contributed by atoms with van der Waals surface area (Å²) >= 11 is 0. The van der Waals surface area contributed by atoms with Gasteiger partial charge in [-0.3, -0.25) is 9.59 Å². The summed E-state index contributed by atoms with van der Waals surface area (Å²) in [5.74, 6) is -1.69. The largest absolute Gasteiger partial charge is 0.497 e. The molecule has 0 aromatic heterocycles. The van der Waals surface area contributed by atoms with Gasteiger partial charge in [-0.25, -0.2) is 4.39 Å². The van der Waals surface area contributed by atoms with E-state index in [4.69, 9.17) is 14.2 Å². The molecule has 2 aromatic carbocycles. The zero-order chi connectivity index (χ0) is 21.0. The first-order chi connectivity index (χ1) is 14.0. The van der Waals surface area contributed by atoms with Crippen molar-refractivity contribution in [1.29, 1.82) is 0 Å². The Balaban J connectivity index is 2.09. The zero-order valence-electron chi connectivity index (χ0n) is 16.6. The van der Waals surface area contributed by atoms with Gasteiger partial charge in [0.2, 0.25) is 0 Å². The van der Waals surface area contributed by atoms with Gasteiger partial charge in [-0.05, 0) is 60.4 Å². The van der Waals surface area contributed by atoms with Crippen molar-refractivity contribution in [3.05, 3.63) is 65.5 Å². The second kappa shape index (κ2) is 8.90. The van der Waals surface area contributed by atoms with Crippen LogP contribution < -0.4 is 9.47 Å². The molecule has 152 valence electrons. The van der Waals surface area contributed by atoms with Crippen molar-refractivity contribution < 1.29 is 28.2 Å². The van der Waals surface area contributed by atoms with E-state index in [1.165, 1.54) is 32.4 Å². The summed E-state index contributed by atoms with van der Waals surface area (Å²) in [4.78, 5) is 25.5. The van der Waals surface area contributed by atoms with Crippen molar-refractivity contribution in [1.82, 2.24) is 0 Å². The van der Waals surface area contributed by atoms with E-state index in [1.54, 1.807) is 37.3 Å². The highest BCUT2D eigenvalue weighted by Gasteiger charge is 2.40. The van der Waals surface area contributed by atoms with E-state index in [-0.39, 0.29) is 18.2 Å². The van der Waals surface area contributed by atoms with Crippen LogP contribution in [0.2, 0.25) is 0 Å². The first-order valence-electron chi connectivity index (χ1n) is 9.36. The van der Waals surface area contributed by atoms with Crippen LogP contribution in [0.1, 0.15) is 30.4 Å². The van der Waals surface area contributed by atoms with Crippen molar-refractivity contribution in [3.8, 4) is 11.5 Å². The number of rotatable bonds is 6. The molecule has 0 saturated heterocycles. The Hall–Kier alpha value is -3.15. The van der Waals surface area contributed by atoms with Crippen LogP contribution in [0.15, 0.2) is 48.5 Å². The summed E-state index contributed by atoms with van der Waals surface area (Å²) in [6.45, 7) is 1.88. The molecule has 0 saturated carbocycles. The van der Waals surface area contributed by atoms with E-state index < -0.39 is 17.8 Å². The molecule has 0 radical (unpaired) electrons. The van der Waals surface area contributed by atoms with Crippen LogP contribution in [0.4, 0.5) is 4.39 Å². The van der Waals surface area contributed by atoms with Crippen LogP contribution in [0.25, 0.3) is 5.57 Å². The van der Waals surface area contributed by atoms with Gasteiger partial charge in [0.15, 0.2) is 5.78 Å². The van der Waals surface area contributed by atoms with Crippen LogP contribution in [0, 0.1) is 11.7 Å². The fraction of sp³-hybridized carbons (Fsp3) is 0.304. The third-order valence-electron chi connectivity index (χ3n) is 5.00. The molecule has 0 amide bonds. The van der Waals surface area contributed by atoms with Crippen molar-refractivity contribution in [2.45, 2.75) is 19.3 Å². The molecule has 2 atom stereocenters. The standard InChI is InChI=1S/C23H23FO5/c1-4-29-23(26)22-20(16-9-18(27-2)13-19(10-16)28-3)11-15(12-21(22)25)14-6-5-7-17(24)8-14/h5-10,12-13,20,22H,4,11H2,1-3H3/t20-,22+/m1/s1. The second-order valence-corrected chi connectivity index (χ2v) is 6.77. The van der Waals surface area contributed by atoms with Gasteiger partial charge in [-0.2, -0.15) is 0 Å². The number of hydrogen-bond donors (Lipinski definition) is 0. The summed E-state index contributed by atoms with van der Waals surface area (Å²) < 4.78 is 29.6. The van der Waals surface area contributed by atoms with Gasteiger partial charge < -0.3 is 14.2 Å². The number of benzene rings is 2. The van der Waals surface area contributed by atoms with Crippen LogP contribution in [0.5, 0.6) is 11.5 Å². The van der Waals surface area contributed by atoms with Gasteiger partial charge in [-0.15, -0.1) is 0 Å². The van der Waals surface area contributed by atoms with E-state index in [9.17, 15) is 14.0 Å². The number of ketones is 1. The lowest BCUT2D eigenvalue weighted by atomic mass is 9.73. The number of hydrogen-bond acceptors (Lipinski definition) is 5. The third-order valence-corrected chi connectivity index (χ3v) is 5.00.